The highest BCUT2D eigenvalue weighted by molar-refractivity contribution is 7.89. The number of carbonyl (C=O) groups excluding carboxylic acids is 1. The van der Waals surface area contributed by atoms with Crippen LogP contribution in [0.5, 0.6) is 0 Å². The topological polar surface area (TPSA) is 107 Å². The third-order valence-corrected chi connectivity index (χ3v) is 13.1. The van der Waals surface area contributed by atoms with Gasteiger partial charge in [-0.05, 0) is 79.0 Å². The van der Waals surface area contributed by atoms with Crippen LogP contribution >= 0.6 is 0 Å². The molecule has 2 heterocycles. The summed E-state index contributed by atoms with van der Waals surface area (Å²) in [7, 11) is -4.63. The van der Waals surface area contributed by atoms with Crippen molar-refractivity contribution in [1.82, 2.24) is 15.0 Å². The van der Waals surface area contributed by atoms with E-state index in [1.54, 1.807) is 12.1 Å². The van der Waals surface area contributed by atoms with E-state index in [1.807, 2.05) is 60.7 Å². The van der Waals surface area contributed by atoms with Gasteiger partial charge in [0.2, 0.25) is 15.9 Å². The highest BCUT2D eigenvalue weighted by Gasteiger charge is 2.68. The molecule has 6 atom stereocenters. The van der Waals surface area contributed by atoms with Crippen LogP contribution in [0.2, 0.25) is 0 Å². The molecule has 4 aliphatic carbocycles. The van der Waals surface area contributed by atoms with Crippen LogP contribution in [0.3, 0.4) is 0 Å². The van der Waals surface area contributed by atoms with E-state index in [0.717, 1.165) is 48.9 Å². The molecule has 1 aromatic heterocycles. The van der Waals surface area contributed by atoms with Gasteiger partial charge in [0.05, 0.1) is 17.6 Å². The first-order valence-electron chi connectivity index (χ1n) is 17.2. The average molecular weight is 656 g/mol. The number of nitrogens with one attached hydrogen (secondary N) is 2. The molecule has 0 spiro atoms. The van der Waals surface area contributed by atoms with Crippen molar-refractivity contribution < 1.29 is 22.5 Å². The Morgan fingerprint density at radius 3 is 2.30 bits per heavy atom. The van der Waals surface area contributed by atoms with Gasteiger partial charge in [-0.3, -0.25) is 9.78 Å². The Morgan fingerprint density at radius 2 is 1.68 bits per heavy atom. The number of hydrogen-bond acceptors (Lipinski definition) is 6. The van der Waals surface area contributed by atoms with Gasteiger partial charge in [0.25, 0.3) is 0 Å². The number of sulfonamides is 1. The second-order valence-electron chi connectivity index (χ2n) is 15.0. The molecule has 5 fully saturated rings. The maximum Gasteiger partial charge on any atom is 0.481 e. The number of hydrogen-bond donors (Lipinski definition) is 2. The first-order chi connectivity index (χ1) is 22.5. The number of amides is 1. The molecule has 2 N–H and O–H groups in total. The summed E-state index contributed by atoms with van der Waals surface area (Å²) >= 11 is 0. The van der Waals surface area contributed by atoms with Crippen LogP contribution < -0.4 is 10.0 Å². The Labute approximate surface area is 279 Å². The largest absolute Gasteiger partial charge is 0.481 e. The summed E-state index contributed by atoms with van der Waals surface area (Å²) in [6.07, 6.45) is 8.45. The van der Waals surface area contributed by atoms with Gasteiger partial charge >= 0.3 is 7.12 Å². The third-order valence-electron chi connectivity index (χ3n) is 11.7. The van der Waals surface area contributed by atoms with Gasteiger partial charge in [0.1, 0.15) is 10.9 Å². The number of nitrogens with zero attached hydrogens (tertiary/aromatic N) is 1. The van der Waals surface area contributed by atoms with Crippen molar-refractivity contribution in [3.8, 4) is 0 Å². The number of carbonyl (C=O) groups is 1. The molecule has 1 amide bonds. The number of benzene rings is 2. The molecule has 0 unspecified atom stereocenters. The maximum atomic E-state index is 14.2. The number of aromatic nitrogens is 1. The van der Waals surface area contributed by atoms with Gasteiger partial charge in [-0.2, -0.15) is 4.72 Å². The van der Waals surface area contributed by atoms with Gasteiger partial charge in [-0.1, -0.05) is 93.8 Å². The molecule has 248 valence electrons. The zero-order valence-electron chi connectivity index (χ0n) is 27.6. The molecule has 2 bridgehead atoms. The molecule has 1 aliphatic heterocycles. The lowest BCUT2D eigenvalue weighted by molar-refractivity contribution is -0.199. The van der Waals surface area contributed by atoms with Crippen molar-refractivity contribution in [3.63, 3.8) is 0 Å². The van der Waals surface area contributed by atoms with Gasteiger partial charge in [-0.25, -0.2) is 8.42 Å². The highest BCUT2D eigenvalue weighted by Crippen LogP contribution is 2.65. The van der Waals surface area contributed by atoms with Gasteiger partial charge in [0.15, 0.2) is 0 Å². The molecule has 3 aromatic rings. The third kappa shape index (κ3) is 6.54. The lowest BCUT2D eigenvalue weighted by Crippen LogP contribution is -2.65. The molecular weight excluding hydrogens is 609 g/mol. The lowest BCUT2D eigenvalue weighted by atomic mass is 9.43. The van der Waals surface area contributed by atoms with Gasteiger partial charge in [-0.15, -0.1) is 0 Å². The molecular formula is C37H46BN3O5S. The monoisotopic (exact) mass is 655 g/mol. The van der Waals surface area contributed by atoms with Crippen LogP contribution in [0.15, 0.2) is 83.9 Å². The second-order valence-corrected chi connectivity index (χ2v) is 16.7. The minimum atomic E-state index is -4.06. The normalized spacial score (nSPS) is 27.6. The molecule has 4 saturated carbocycles. The summed E-state index contributed by atoms with van der Waals surface area (Å²) in [5.41, 5.74) is 2.53. The molecule has 47 heavy (non-hydrogen) atoms. The second kappa shape index (κ2) is 12.8. The van der Waals surface area contributed by atoms with Crippen LogP contribution in [0.25, 0.3) is 0 Å². The van der Waals surface area contributed by atoms with Crippen molar-refractivity contribution in [3.05, 3.63) is 95.8 Å². The minimum Gasteiger partial charge on any atom is -0.404 e. The van der Waals surface area contributed by atoms with Gasteiger partial charge in [0, 0.05) is 18.3 Å². The molecule has 5 aliphatic rings. The summed E-state index contributed by atoms with van der Waals surface area (Å²) in [5, 5.41) is 3.23. The standard InChI is InChI=1S/C37H46BN3O5S/c1-36(2)28-22-32(36)37(3)33(23-28)45-38(46-37)34(21-27-15-10-16-27)40-35(42)31(20-26-13-8-5-9-14-26)41-47(43,44)30-18-17-29(39-24-30)19-25-11-6-4-7-12-25/h4-9,11-14,17-18,24,27-28,31-34,41H,10,15-16,19-23H2,1-3H3,(H,40,42)/t28-,31+,32-,33-,34+,37+/m1/s1. The van der Waals surface area contributed by atoms with E-state index >= 15 is 0 Å². The summed E-state index contributed by atoms with van der Waals surface area (Å²) in [4.78, 5) is 18.6. The van der Waals surface area contributed by atoms with Crippen LogP contribution in [0, 0.1) is 23.2 Å². The van der Waals surface area contributed by atoms with Crippen molar-refractivity contribution in [1.29, 1.82) is 0 Å². The van der Waals surface area contributed by atoms with E-state index in [9.17, 15) is 13.2 Å². The lowest BCUT2D eigenvalue weighted by Gasteiger charge is -2.64. The number of rotatable bonds is 12. The van der Waals surface area contributed by atoms with E-state index in [2.05, 4.69) is 35.8 Å². The Morgan fingerprint density at radius 1 is 0.979 bits per heavy atom. The summed E-state index contributed by atoms with van der Waals surface area (Å²) in [6.45, 7) is 6.86. The zero-order chi connectivity index (χ0) is 32.8. The molecule has 2 aromatic carbocycles. The Kier molecular flexibility index (Phi) is 8.83. The Bertz CT molecular complexity index is 1670. The van der Waals surface area contributed by atoms with E-state index < -0.39 is 28.8 Å². The first-order valence-corrected chi connectivity index (χ1v) is 18.7. The quantitative estimate of drug-likeness (QED) is 0.250. The van der Waals surface area contributed by atoms with Crippen LogP contribution in [-0.4, -0.2) is 50.1 Å². The maximum absolute atomic E-state index is 14.2. The molecule has 1 saturated heterocycles. The van der Waals surface area contributed by atoms with E-state index in [4.69, 9.17) is 9.31 Å². The average Bonchev–Trinajstić information content (AvgIpc) is 3.40. The van der Waals surface area contributed by atoms with Crippen LogP contribution in [-0.2, 0) is 37.0 Å². The fourth-order valence-electron chi connectivity index (χ4n) is 8.45. The smallest absolute Gasteiger partial charge is 0.404 e. The SMILES string of the molecule is CC1(C)[C@@H]2C[C@H]1[C@]1(C)OB([C@H](CC3CCC3)NC(=O)[C@H](Cc3ccccc3)NS(=O)(=O)c3ccc(Cc4ccccc4)nc3)O[C@@H]1C2. The first kappa shape index (κ1) is 32.5. The zero-order valence-corrected chi connectivity index (χ0v) is 28.4. The fourth-order valence-corrected chi connectivity index (χ4v) is 9.59. The summed E-state index contributed by atoms with van der Waals surface area (Å²) in [6, 6.07) is 21.7. The number of pyridine rings is 1. The predicted octanol–water partition coefficient (Wildman–Crippen LogP) is 5.50. The van der Waals surface area contributed by atoms with Crippen LogP contribution in [0.1, 0.15) is 76.1 Å². The molecule has 0 radical (unpaired) electrons. The predicted molar refractivity (Wildman–Crippen MR) is 182 cm³/mol. The van der Waals surface area contributed by atoms with Gasteiger partial charge < -0.3 is 14.6 Å². The van der Waals surface area contributed by atoms with Crippen LogP contribution in [0.4, 0.5) is 0 Å². The van der Waals surface area contributed by atoms with Crippen molar-refractivity contribution in [2.75, 3.05) is 0 Å². The van der Waals surface area contributed by atoms with Crippen molar-refractivity contribution >= 4 is 23.0 Å². The minimum absolute atomic E-state index is 0.000971. The Balaban J connectivity index is 1.10. The molecule has 8 rings (SSSR count). The highest BCUT2D eigenvalue weighted by atomic mass is 32.2. The van der Waals surface area contributed by atoms with E-state index in [0.29, 0.717) is 24.2 Å². The Hall–Kier alpha value is -3.05. The molecule has 10 heteroatoms. The van der Waals surface area contributed by atoms with E-state index in [1.165, 1.54) is 12.6 Å². The summed E-state index contributed by atoms with van der Waals surface area (Å²) in [5.74, 6) is 0.760. The van der Waals surface area contributed by atoms with Crippen molar-refractivity contribution in [2.24, 2.45) is 23.2 Å². The summed E-state index contributed by atoms with van der Waals surface area (Å²) < 4.78 is 43.6. The van der Waals surface area contributed by atoms with Crippen molar-refractivity contribution in [2.45, 2.75) is 101 Å². The fraction of sp³-hybridized carbons (Fsp3) is 0.514. The molecule has 8 nitrogen and oxygen atoms in total. The van der Waals surface area contributed by atoms with E-state index in [-0.39, 0.29) is 34.7 Å².